The van der Waals surface area contributed by atoms with E-state index >= 15 is 0 Å². The summed E-state index contributed by atoms with van der Waals surface area (Å²) in [6, 6.07) is 7.52. The molecule has 0 bridgehead atoms. The van der Waals surface area contributed by atoms with E-state index in [4.69, 9.17) is 14.7 Å². The molecule has 2 aliphatic heterocycles. The lowest BCUT2D eigenvalue weighted by molar-refractivity contribution is -0.204. The van der Waals surface area contributed by atoms with Crippen LogP contribution in [0.4, 0.5) is 0 Å². The fraction of sp³-hybridized carbons (Fsp3) is 0.500. The monoisotopic (exact) mass is 455 g/mol. The molecule has 1 atom stereocenters. The van der Waals surface area contributed by atoms with Crippen LogP contribution in [0.15, 0.2) is 34.8 Å². The van der Waals surface area contributed by atoms with E-state index in [0.29, 0.717) is 31.0 Å². The molecule has 4 rings (SSSR count). The molecule has 8 heteroatoms. The zero-order valence-electron chi connectivity index (χ0n) is 19.0. The van der Waals surface area contributed by atoms with Crippen LogP contribution in [-0.2, 0) is 14.5 Å². The van der Waals surface area contributed by atoms with Crippen molar-refractivity contribution in [1.29, 1.82) is 0 Å². The number of rotatable bonds is 5. The van der Waals surface area contributed by atoms with Gasteiger partial charge >= 0.3 is 5.97 Å². The Bertz CT molecular complexity index is 1030. The summed E-state index contributed by atoms with van der Waals surface area (Å²) < 4.78 is 0. The smallest absolute Gasteiger partial charge is 0.330 e. The summed E-state index contributed by atoms with van der Waals surface area (Å²) in [4.78, 5) is 40.1. The first kappa shape index (κ1) is 22.6. The second kappa shape index (κ2) is 9.11. The van der Waals surface area contributed by atoms with Crippen molar-refractivity contribution in [2.24, 2.45) is 10.6 Å². The van der Waals surface area contributed by atoms with E-state index in [2.05, 4.69) is 5.16 Å². The summed E-state index contributed by atoms with van der Waals surface area (Å²) >= 11 is 1.64. The highest BCUT2D eigenvalue weighted by Gasteiger charge is 2.31. The third kappa shape index (κ3) is 4.91. The number of hydroxylamine groups is 2. The molecule has 2 aliphatic rings. The minimum absolute atomic E-state index is 0.0214. The summed E-state index contributed by atoms with van der Waals surface area (Å²) in [6.07, 6.45) is 2.11. The molecule has 170 valence electrons. The molecular formula is C24H29N3O4S. The Kier molecular flexibility index (Phi) is 6.44. The van der Waals surface area contributed by atoms with Gasteiger partial charge < -0.3 is 9.68 Å². The van der Waals surface area contributed by atoms with Crippen molar-refractivity contribution in [2.45, 2.75) is 59.0 Å². The van der Waals surface area contributed by atoms with Crippen molar-refractivity contribution in [3.63, 3.8) is 0 Å². The van der Waals surface area contributed by atoms with Crippen molar-refractivity contribution < 1.29 is 19.3 Å². The number of hydrogen-bond donors (Lipinski definition) is 0. The van der Waals surface area contributed by atoms with Crippen LogP contribution in [-0.4, -0.2) is 40.6 Å². The van der Waals surface area contributed by atoms with Gasteiger partial charge in [0.05, 0.1) is 16.1 Å². The molecule has 1 unspecified atom stereocenters. The minimum atomic E-state index is -0.506. The minimum Gasteiger partial charge on any atom is -0.387 e. The molecule has 0 spiro atoms. The van der Waals surface area contributed by atoms with Crippen LogP contribution in [0, 0.1) is 5.41 Å². The van der Waals surface area contributed by atoms with Gasteiger partial charge in [0.15, 0.2) is 11.9 Å². The quantitative estimate of drug-likeness (QED) is 0.597. The third-order valence-corrected chi connectivity index (χ3v) is 6.81. The van der Waals surface area contributed by atoms with Crippen LogP contribution in [0.5, 0.6) is 0 Å². The number of oxime groups is 1. The summed E-state index contributed by atoms with van der Waals surface area (Å²) in [5.74, 6) is 0.163. The Morgan fingerprint density at radius 1 is 1.19 bits per heavy atom. The summed E-state index contributed by atoms with van der Waals surface area (Å²) in [5.41, 5.74) is 2.69. The lowest BCUT2D eigenvalue weighted by Crippen LogP contribution is -2.38. The molecule has 0 amide bonds. The third-order valence-electron chi connectivity index (χ3n) is 5.80. The van der Waals surface area contributed by atoms with Crippen molar-refractivity contribution in [3.05, 3.63) is 51.5 Å². The van der Waals surface area contributed by atoms with Gasteiger partial charge in [-0.1, -0.05) is 29.4 Å². The first-order valence-corrected chi connectivity index (χ1v) is 11.9. The molecule has 1 fully saturated rings. The standard InChI is InChI=1S/C24H29N3O4S/c1-15(28)17-7-5-6-8-18(17)21-13-19(26-30-21)20-14-32-22(25-20)16-9-11-27(12-10-16)31-23(29)24(2,3)4/h5-8,14,16,21H,9-13H2,1-4H3. The highest BCUT2D eigenvalue weighted by Crippen LogP contribution is 2.35. The second-order valence-electron chi connectivity index (χ2n) is 9.38. The summed E-state index contributed by atoms with van der Waals surface area (Å²) in [7, 11) is 0. The lowest BCUT2D eigenvalue weighted by Gasteiger charge is -2.31. The lowest BCUT2D eigenvalue weighted by atomic mass is 9.96. The molecule has 1 aromatic heterocycles. The van der Waals surface area contributed by atoms with Crippen molar-refractivity contribution >= 4 is 28.8 Å². The maximum Gasteiger partial charge on any atom is 0.330 e. The van der Waals surface area contributed by atoms with E-state index in [0.717, 1.165) is 34.8 Å². The van der Waals surface area contributed by atoms with E-state index in [9.17, 15) is 9.59 Å². The molecule has 0 radical (unpaired) electrons. The Morgan fingerprint density at radius 2 is 1.91 bits per heavy atom. The molecular weight excluding hydrogens is 426 g/mol. The van der Waals surface area contributed by atoms with Gasteiger partial charge in [-0.2, -0.15) is 0 Å². The van der Waals surface area contributed by atoms with Crippen LogP contribution >= 0.6 is 11.3 Å². The predicted octanol–water partition coefficient (Wildman–Crippen LogP) is 4.90. The highest BCUT2D eigenvalue weighted by atomic mass is 32.1. The Morgan fingerprint density at radius 3 is 2.59 bits per heavy atom. The number of benzene rings is 1. The van der Waals surface area contributed by atoms with Crippen molar-refractivity contribution in [2.75, 3.05) is 13.1 Å². The van der Waals surface area contributed by atoms with Gasteiger partial charge in [0.25, 0.3) is 0 Å². The zero-order chi connectivity index (χ0) is 22.9. The fourth-order valence-electron chi connectivity index (χ4n) is 3.85. The van der Waals surface area contributed by atoms with E-state index in [1.807, 2.05) is 50.4 Å². The molecule has 2 aromatic rings. The van der Waals surface area contributed by atoms with E-state index < -0.39 is 5.41 Å². The number of ketones is 1. The van der Waals surface area contributed by atoms with Crippen molar-refractivity contribution in [3.8, 4) is 0 Å². The maximum absolute atomic E-state index is 12.1. The van der Waals surface area contributed by atoms with Crippen LogP contribution in [0.25, 0.3) is 0 Å². The van der Waals surface area contributed by atoms with Gasteiger partial charge in [0, 0.05) is 41.9 Å². The average Bonchev–Trinajstić information content (AvgIpc) is 3.43. The molecule has 0 aliphatic carbocycles. The number of aromatic nitrogens is 1. The van der Waals surface area contributed by atoms with E-state index in [-0.39, 0.29) is 17.9 Å². The number of carbonyl (C=O) groups excluding carboxylic acids is 2. The van der Waals surface area contributed by atoms with E-state index in [1.165, 1.54) is 0 Å². The maximum atomic E-state index is 12.1. The summed E-state index contributed by atoms with van der Waals surface area (Å²) in [6.45, 7) is 8.55. The Hall–Kier alpha value is -2.58. The number of piperidine rings is 1. The van der Waals surface area contributed by atoms with E-state index in [1.54, 1.807) is 23.3 Å². The zero-order valence-corrected chi connectivity index (χ0v) is 19.8. The van der Waals surface area contributed by atoms with Gasteiger partial charge in [-0.25, -0.2) is 9.78 Å². The molecule has 32 heavy (non-hydrogen) atoms. The second-order valence-corrected chi connectivity index (χ2v) is 10.3. The number of Topliss-reactive ketones (excluding diaryl/α,β-unsaturated/α-hetero) is 1. The highest BCUT2D eigenvalue weighted by molar-refractivity contribution is 7.10. The number of nitrogens with zero attached hydrogens (tertiary/aromatic N) is 3. The summed E-state index contributed by atoms with van der Waals surface area (Å²) in [5, 5.41) is 9.15. The number of carbonyl (C=O) groups is 2. The average molecular weight is 456 g/mol. The van der Waals surface area contributed by atoms with Gasteiger partial charge in [0.2, 0.25) is 0 Å². The normalized spacial score (nSPS) is 20.0. The number of thiazole rings is 1. The van der Waals surface area contributed by atoms with Gasteiger partial charge in [-0.3, -0.25) is 4.79 Å². The molecule has 7 nitrogen and oxygen atoms in total. The topological polar surface area (TPSA) is 81.1 Å². The first-order valence-electron chi connectivity index (χ1n) is 11.0. The molecule has 3 heterocycles. The van der Waals surface area contributed by atoms with Crippen LogP contribution in [0.2, 0.25) is 0 Å². The van der Waals surface area contributed by atoms with Gasteiger partial charge in [-0.15, -0.1) is 16.4 Å². The van der Waals surface area contributed by atoms with Crippen LogP contribution in [0.3, 0.4) is 0 Å². The fourth-order valence-corrected chi connectivity index (χ4v) is 4.85. The molecule has 0 N–H and O–H groups in total. The first-order chi connectivity index (χ1) is 15.2. The predicted molar refractivity (Wildman–Crippen MR) is 123 cm³/mol. The largest absolute Gasteiger partial charge is 0.387 e. The molecule has 1 aromatic carbocycles. The Balaban J connectivity index is 1.35. The Labute approximate surface area is 192 Å². The van der Waals surface area contributed by atoms with Crippen LogP contribution < -0.4 is 0 Å². The molecule has 0 saturated carbocycles. The SMILES string of the molecule is CC(=O)c1ccccc1C1CC(c2csc(C3CCN(OC(=O)C(C)(C)C)CC3)n2)=NO1. The van der Waals surface area contributed by atoms with Crippen molar-refractivity contribution in [1.82, 2.24) is 10.0 Å². The van der Waals surface area contributed by atoms with Crippen LogP contribution in [0.1, 0.15) is 85.6 Å². The van der Waals surface area contributed by atoms with Gasteiger partial charge in [-0.05, 0) is 40.5 Å². The van der Waals surface area contributed by atoms with Gasteiger partial charge in [0.1, 0.15) is 5.71 Å². The molecule has 1 saturated heterocycles. The number of hydrogen-bond acceptors (Lipinski definition) is 8.